The molecule has 1 aliphatic heterocycles. The third kappa shape index (κ3) is 4.15. The summed E-state index contributed by atoms with van der Waals surface area (Å²) in [6.07, 6.45) is 0.405. The number of rotatable bonds is 5. The Morgan fingerprint density at radius 1 is 1.48 bits per heavy atom. The minimum absolute atomic E-state index is 0.0168. The first-order valence-electron chi connectivity index (χ1n) is 6.58. The summed E-state index contributed by atoms with van der Waals surface area (Å²) in [5.74, 6) is -1.03. The predicted molar refractivity (Wildman–Crippen MR) is 75.7 cm³/mol. The number of sulfone groups is 1. The first-order valence-corrected chi connectivity index (χ1v) is 8.41. The summed E-state index contributed by atoms with van der Waals surface area (Å²) in [4.78, 5) is 16.7. The van der Waals surface area contributed by atoms with E-state index in [1.807, 2.05) is 0 Å². The second-order valence-corrected chi connectivity index (χ2v) is 7.50. The summed E-state index contributed by atoms with van der Waals surface area (Å²) >= 11 is 0. The third-order valence-electron chi connectivity index (χ3n) is 3.51. The summed E-state index contributed by atoms with van der Waals surface area (Å²) in [5, 5.41) is 18.8. The number of carbonyl (C=O) groups is 1. The molecule has 0 spiro atoms. The molecular formula is C13H18N2O5S. The van der Waals surface area contributed by atoms with Gasteiger partial charge in [0.1, 0.15) is 5.75 Å². The van der Waals surface area contributed by atoms with Crippen molar-refractivity contribution in [2.24, 2.45) is 0 Å². The maximum atomic E-state index is 11.6. The second kappa shape index (κ2) is 5.98. The lowest BCUT2D eigenvalue weighted by molar-refractivity contribution is -0.139. The number of nitrogens with zero attached hydrogens (tertiary/aromatic N) is 2. The molecule has 1 fully saturated rings. The van der Waals surface area contributed by atoms with Gasteiger partial charge in [0.15, 0.2) is 9.84 Å². The van der Waals surface area contributed by atoms with Crippen LogP contribution in [0, 0.1) is 6.92 Å². The van der Waals surface area contributed by atoms with Crippen LogP contribution in [0.3, 0.4) is 0 Å². The molecule has 1 unspecified atom stereocenters. The van der Waals surface area contributed by atoms with E-state index in [4.69, 9.17) is 5.11 Å². The molecule has 1 atom stereocenters. The first-order chi connectivity index (χ1) is 9.77. The van der Waals surface area contributed by atoms with Gasteiger partial charge in [0.25, 0.3) is 0 Å². The van der Waals surface area contributed by atoms with Gasteiger partial charge in [-0.1, -0.05) is 0 Å². The highest BCUT2D eigenvalue weighted by molar-refractivity contribution is 7.91. The van der Waals surface area contributed by atoms with Crippen molar-refractivity contribution in [1.82, 2.24) is 9.88 Å². The SMILES string of the molecule is Cc1ccc(O)c(CN(CC(=O)O)C2CCS(=O)(=O)C2)n1. The van der Waals surface area contributed by atoms with Gasteiger partial charge in [-0.15, -0.1) is 0 Å². The van der Waals surface area contributed by atoms with Crippen molar-refractivity contribution in [3.05, 3.63) is 23.5 Å². The topological polar surface area (TPSA) is 108 Å². The van der Waals surface area contributed by atoms with Crippen molar-refractivity contribution in [3.8, 4) is 5.75 Å². The normalized spacial score (nSPS) is 20.8. The summed E-state index contributed by atoms with van der Waals surface area (Å²) in [6.45, 7) is 1.60. The zero-order chi connectivity index (χ0) is 15.6. The Bertz CT molecular complexity index is 644. The van der Waals surface area contributed by atoms with Crippen molar-refractivity contribution in [2.75, 3.05) is 18.1 Å². The molecule has 1 aromatic heterocycles. The molecule has 116 valence electrons. The van der Waals surface area contributed by atoms with Gasteiger partial charge in [-0.25, -0.2) is 8.42 Å². The van der Waals surface area contributed by atoms with Crippen molar-refractivity contribution in [2.45, 2.75) is 25.9 Å². The Labute approximate surface area is 123 Å². The fraction of sp³-hybridized carbons (Fsp3) is 0.538. The van der Waals surface area contributed by atoms with Crippen molar-refractivity contribution in [1.29, 1.82) is 0 Å². The Balaban J connectivity index is 2.20. The largest absolute Gasteiger partial charge is 0.506 e. The van der Waals surface area contributed by atoms with Crippen LogP contribution in [0.4, 0.5) is 0 Å². The minimum Gasteiger partial charge on any atom is -0.506 e. The Morgan fingerprint density at radius 3 is 2.76 bits per heavy atom. The highest BCUT2D eigenvalue weighted by Crippen LogP contribution is 2.22. The number of aromatic nitrogens is 1. The van der Waals surface area contributed by atoms with E-state index < -0.39 is 15.8 Å². The van der Waals surface area contributed by atoms with Gasteiger partial charge < -0.3 is 10.2 Å². The van der Waals surface area contributed by atoms with Crippen LogP contribution >= 0.6 is 0 Å². The number of aliphatic carboxylic acids is 1. The number of carboxylic acid groups (broad SMARTS) is 1. The summed E-state index contributed by atoms with van der Waals surface area (Å²) < 4.78 is 23.1. The van der Waals surface area contributed by atoms with Crippen LogP contribution in [0.15, 0.2) is 12.1 Å². The highest BCUT2D eigenvalue weighted by Gasteiger charge is 2.33. The molecule has 0 saturated carbocycles. The summed E-state index contributed by atoms with van der Waals surface area (Å²) in [6, 6.07) is 2.80. The molecule has 2 N–H and O–H groups in total. The molecule has 21 heavy (non-hydrogen) atoms. The van der Waals surface area contributed by atoms with E-state index in [9.17, 15) is 18.3 Å². The van der Waals surface area contributed by atoms with Crippen molar-refractivity contribution < 1.29 is 23.4 Å². The van der Waals surface area contributed by atoms with E-state index in [0.717, 1.165) is 0 Å². The molecule has 0 aliphatic carbocycles. The van der Waals surface area contributed by atoms with Gasteiger partial charge in [0, 0.05) is 18.3 Å². The molecule has 1 aromatic rings. The monoisotopic (exact) mass is 314 g/mol. The number of pyridine rings is 1. The minimum atomic E-state index is -3.10. The molecule has 0 radical (unpaired) electrons. The molecule has 0 bridgehead atoms. The number of carboxylic acids is 1. The van der Waals surface area contributed by atoms with Crippen LogP contribution in [0.2, 0.25) is 0 Å². The second-order valence-electron chi connectivity index (χ2n) is 5.27. The van der Waals surface area contributed by atoms with Crippen LogP contribution < -0.4 is 0 Å². The molecule has 0 aromatic carbocycles. The van der Waals surface area contributed by atoms with Gasteiger partial charge >= 0.3 is 5.97 Å². The van der Waals surface area contributed by atoms with E-state index in [-0.39, 0.29) is 36.4 Å². The average molecular weight is 314 g/mol. The van der Waals surface area contributed by atoms with Crippen LogP contribution in [-0.2, 0) is 21.2 Å². The number of hydrogen-bond donors (Lipinski definition) is 2. The molecule has 2 rings (SSSR count). The van der Waals surface area contributed by atoms with Gasteiger partial charge in [0.05, 0.1) is 23.7 Å². The lowest BCUT2D eigenvalue weighted by Gasteiger charge is -2.26. The summed E-state index contributed by atoms with van der Waals surface area (Å²) in [7, 11) is -3.10. The van der Waals surface area contributed by atoms with Gasteiger partial charge in [-0.2, -0.15) is 0 Å². The zero-order valence-electron chi connectivity index (χ0n) is 11.7. The van der Waals surface area contributed by atoms with Gasteiger partial charge in [-0.05, 0) is 25.5 Å². The van der Waals surface area contributed by atoms with E-state index in [1.165, 1.54) is 6.07 Å². The molecule has 0 amide bonds. The highest BCUT2D eigenvalue weighted by atomic mass is 32.2. The van der Waals surface area contributed by atoms with Crippen LogP contribution in [0.5, 0.6) is 5.75 Å². The Kier molecular flexibility index (Phi) is 4.48. The van der Waals surface area contributed by atoms with Crippen LogP contribution in [0.25, 0.3) is 0 Å². The Hall–Kier alpha value is -1.67. The molecule has 2 heterocycles. The maximum absolute atomic E-state index is 11.6. The predicted octanol–water partition coefficient (Wildman–Crippen LogP) is 0.169. The maximum Gasteiger partial charge on any atom is 0.317 e. The van der Waals surface area contributed by atoms with Gasteiger partial charge in [0.2, 0.25) is 0 Å². The molecule has 1 saturated heterocycles. The van der Waals surface area contributed by atoms with Crippen LogP contribution in [0.1, 0.15) is 17.8 Å². The van der Waals surface area contributed by atoms with E-state index in [1.54, 1.807) is 17.9 Å². The van der Waals surface area contributed by atoms with E-state index in [0.29, 0.717) is 17.8 Å². The first kappa shape index (κ1) is 15.7. The van der Waals surface area contributed by atoms with E-state index >= 15 is 0 Å². The molecule has 8 heteroatoms. The van der Waals surface area contributed by atoms with Crippen LogP contribution in [-0.4, -0.2) is 58.6 Å². The van der Waals surface area contributed by atoms with Crippen molar-refractivity contribution in [3.63, 3.8) is 0 Å². The zero-order valence-corrected chi connectivity index (χ0v) is 12.5. The quantitative estimate of drug-likeness (QED) is 0.797. The smallest absolute Gasteiger partial charge is 0.317 e. The molecule has 1 aliphatic rings. The molecule has 7 nitrogen and oxygen atoms in total. The van der Waals surface area contributed by atoms with Gasteiger partial charge in [-0.3, -0.25) is 14.7 Å². The lowest BCUT2D eigenvalue weighted by atomic mass is 10.2. The lowest BCUT2D eigenvalue weighted by Crippen LogP contribution is -2.39. The van der Waals surface area contributed by atoms with E-state index in [2.05, 4.69) is 4.98 Å². The summed E-state index contributed by atoms with van der Waals surface area (Å²) in [5.41, 5.74) is 1.07. The molecular weight excluding hydrogens is 296 g/mol. The van der Waals surface area contributed by atoms with Crippen molar-refractivity contribution >= 4 is 15.8 Å². The number of aryl methyl sites for hydroxylation is 1. The number of aromatic hydroxyl groups is 1. The average Bonchev–Trinajstić information content (AvgIpc) is 2.73. The Morgan fingerprint density at radius 2 is 2.19 bits per heavy atom. The number of hydrogen-bond acceptors (Lipinski definition) is 6. The third-order valence-corrected chi connectivity index (χ3v) is 5.26. The standard InChI is InChI=1S/C13H18N2O5S/c1-9-2-3-12(16)11(14-9)6-15(7-13(17)18)10-4-5-21(19,20)8-10/h2-3,10,16H,4-8H2,1H3,(H,17,18). The fourth-order valence-electron chi connectivity index (χ4n) is 2.46. The fourth-order valence-corrected chi connectivity index (χ4v) is 4.22.